The smallest absolute Gasteiger partial charge is 0.269 e. The molecule has 1 heterocycles. The number of sulfonamides is 1. The van der Waals surface area contributed by atoms with Gasteiger partial charge in [-0.2, -0.15) is 0 Å². The third kappa shape index (κ3) is 6.71. The van der Waals surface area contributed by atoms with Gasteiger partial charge in [0.25, 0.3) is 15.9 Å². The molecule has 1 aliphatic rings. The average molecular weight is 582 g/mol. The van der Waals surface area contributed by atoms with Crippen molar-refractivity contribution in [2.75, 3.05) is 6.54 Å². The maximum absolute atomic E-state index is 13.7. The largest absolute Gasteiger partial charge is 0.352 e. The van der Waals surface area contributed by atoms with E-state index < -0.39 is 22.0 Å². The van der Waals surface area contributed by atoms with Gasteiger partial charge in [-0.25, -0.2) is 12.7 Å². The number of fused-ring (bicyclic) bond motifs is 1. The normalized spacial score (nSPS) is 14.6. The second-order valence-electron chi connectivity index (χ2n) is 10.0. The van der Waals surface area contributed by atoms with Gasteiger partial charge in [0.1, 0.15) is 10.9 Å². The van der Waals surface area contributed by atoms with E-state index in [9.17, 15) is 22.8 Å². The molecule has 3 amide bonds. The first kappa shape index (κ1) is 29.3. The molecule has 210 valence electrons. The molecule has 1 N–H and O–H groups in total. The van der Waals surface area contributed by atoms with Crippen LogP contribution >= 0.6 is 11.6 Å². The number of nitrogens with zero attached hydrogens (tertiary/aromatic N) is 2. The van der Waals surface area contributed by atoms with Crippen molar-refractivity contribution in [1.82, 2.24) is 14.5 Å². The van der Waals surface area contributed by atoms with Gasteiger partial charge in [0, 0.05) is 37.0 Å². The second-order valence-corrected chi connectivity index (χ2v) is 12.3. The van der Waals surface area contributed by atoms with Crippen LogP contribution in [0.25, 0.3) is 0 Å². The van der Waals surface area contributed by atoms with Crippen molar-refractivity contribution in [2.24, 2.45) is 0 Å². The molecule has 3 aromatic carbocycles. The van der Waals surface area contributed by atoms with E-state index in [-0.39, 0.29) is 54.2 Å². The highest BCUT2D eigenvalue weighted by atomic mass is 35.5. The summed E-state index contributed by atoms with van der Waals surface area (Å²) in [5.41, 5.74) is 1.77. The zero-order valence-corrected chi connectivity index (χ0v) is 24.0. The number of hydrogen-bond acceptors (Lipinski definition) is 5. The van der Waals surface area contributed by atoms with Gasteiger partial charge in [-0.1, -0.05) is 66.2 Å². The summed E-state index contributed by atoms with van der Waals surface area (Å²) in [4.78, 5) is 41.5. The number of rotatable bonds is 11. The summed E-state index contributed by atoms with van der Waals surface area (Å²) in [6.07, 6.45) is 0.337. The molecular formula is C30H32ClN3O5S. The van der Waals surface area contributed by atoms with Crippen molar-refractivity contribution in [2.45, 2.75) is 56.6 Å². The van der Waals surface area contributed by atoms with Gasteiger partial charge in [0.2, 0.25) is 11.8 Å². The molecule has 0 unspecified atom stereocenters. The maximum atomic E-state index is 13.7. The number of amides is 3. The van der Waals surface area contributed by atoms with Crippen molar-refractivity contribution in [3.05, 3.63) is 101 Å². The van der Waals surface area contributed by atoms with Crippen LogP contribution in [0.4, 0.5) is 0 Å². The molecule has 0 radical (unpaired) electrons. The van der Waals surface area contributed by atoms with Crippen molar-refractivity contribution in [3.8, 4) is 0 Å². The minimum Gasteiger partial charge on any atom is -0.352 e. The van der Waals surface area contributed by atoms with Gasteiger partial charge in [0.05, 0.1) is 5.56 Å². The van der Waals surface area contributed by atoms with E-state index in [4.69, 9.17) is 11.6 Å². The summed E-state index contributed by atoms with van der Waals surface area (Å²) in [6, 6.07) is 21.6. The van der Waals surface area contributed by atoms with Crippen LogP contribution in [0.15, 0.2) is 83.8 Å². The summed E-state index contributed by atoms with van der Waals surface area (Å²) in [5.74, 6) is -1.22. The number of carbonyl (C=O) groups excluding carboxylic acids is 3. The number of benzene rings is 3. The molecular weight excluding hydrogens is 550 g/mol. The van der Waals surface area contributed by atoms with Crippen molar-refractivity contribution in [1.29, 1.82) is 0 Å². The molecule has 1 atom stereocenters. The molecule has 0 fully saturated rings. The number of carbonyl (C=O) groups is 3. The van der Waals surface area contributed by atoms with Crippen LogP contribution in [-0.4, -0.2) is 54.0 Å². The van der Waals surface area contributed by atoms with Gasteiger partial charge in [-0.3, -0.25) is 14.4 Å². The number of halogens is 1. The van der Waals surface area contributed by atoms with E-state index in [1.165, 1.54) is 17.0 Å². The third-order valence-electron chi connectivity index (χ3n) is 6.61. The van der Waals surface area contributed by atoms with Crippen LogP contribution in [0, 0.1) is 0 Å². The average Bonchev–Trinajstić information content (AvgIpc) is 3.11. The zero-order valence-electron chi connectivity index (χ0n) is 22.4. The monoisotopic (exact) mass is 581 g/mol. The Morgan fingerprint density at radius 3 is 2.30 bits per heavy atom. The molecule has 0 aliphatic carbocycles. The van der Waals surface area contributed by atoms with Crippen molar-refractivity contribution < 1.29 is 22.8 Å². The summed E-state index contributed by atoms with van der Waals surface area (Å²) in [6.45, 7) is 3.70. The van der Waals surface area contributed by atoms with Crippen molar-refractivity contribution >= 4 is 39.3 Å². The highest BCUT2D eigenvalue weighted by molar-refractivity contribution is 7.90. The molecule has 0 saturated heterocycles. The molecule has 0 saturated carbocycles. The fourth-order valence-electron chi connectivity index (χ4n) is 4.74. The lowest BCUT2D eigenvalue weighted by atomic mass is 10.0. The Morgan fingerprint density at radius 1 is 0.950 bits per heavy atom. The van der Waals surface area contributed by atoms with Crippen LogP contribution < -0.4 is 5.32 Å². The predicted molar refractivity (Wildman–Crippen MR) is 153 cm³/mol. The Bertz CT molecular complexity index is 1490. The zero-order chi connectivity index (χ0) is 28.9. The quantitative estimate of drug-likeness (QED) is 0.361. The highest BCUT2D eigenvalue weighted by Gasteiger charge is 2.40. The van der Waals surface area contributed by atoms with Crippen LogP contribution in [0.3, 0.4) is 0 Å². The summed E-state index contributed by atoms with van der Waals surface area (Å²) in [5, 5.41) is 3.44. The highest BCUT2D eigenvalue weighted by Crippen LogP contribution is 2.30. The molecule has 0 bridgehead atoms. The molecule has 1 aliphatic heterocycles. The summed E-state index contributed by atoms with van der Waals surface area (Å²) in [7, 11) is -3.97. The van der Waals surface area contributed by atoms with Crippen LogP contribution in [0.5, 0.6) is 0 Å². The number of nitrogens with one attached hydrogen (secondary N) is 1. The van der Waals surface area contributed by atoms with E-state index in [0.29, 0.717) is 11.4 Å². The van der Waals surface area contributed by atoms with Gasteiger partial charge in [-0.15, -0.1) is 0 Å². The van der Waals surface area contributed by atoms with Crippen molar-refractivity contribution in [3.63, 3.8) is 0 Å². The molecule has 3 aromatic rings. The molecule has 10 heteroatoms. The standard InChI is InChI=1S/C30H32ClN3O5S/c1-21(2)32-29(36)26(19-22-10-4-3-5-11-22)33(20-23-12-8-13-24(31)18-23)28(35)16-9-17-34-30(37)25-14-6-7-15-27(25)40(34,38)39/h3-8,10-15,18,21,26H,9,16-17,19-20H2,1-2H3,(H,32,36)/t26-/m1/s1. The minimum absolute atomic E-state index is 0.0257. The van der Waals surface area contributed by atoms with E-state index in [2.05, 4.69) is 5.32 Å². The fourth-order valence-corrected chi connectivity index (χ4v) is 6.56. The van der Waals surface area contributed by atoms with Crippen LogP contribution in [0.1, 0.15) is 48.2 Å². The first-order valence-corrected chi connectivity index (χ1v) is 14.9. The van der Waals surface area contributed by atoms with Crippen LogP contribution in [-0.2, 0) is 32.6 Å². The summed E-state index contributed by atoms with van der Waals surface area (Å²) < 4.78 is 26.7. The predicted octanol–water partition coefficient (Wildman–Crippen LogP) is 4.43. The Morgan fingerprint density at radius 2 is 1.62 bits per heavy atom. The Kier molecular flexibility index (Phi) is 9.27. The SMILES string of the molecule is CC(C)NC(=O)[C@@H](Cc1ccccc1)N(Cc1cccc(Cl)c1)C(=O)CCCN1C(=O)c2ccccc2S1(=O)=O. The lowest BCUT2D eigenvalue weighted by Gasteiger charge is -2.32. The lowest BCUT2D eigenvalue weighted by Crippen LogP contribution is -2.51. The Hall–Kier alpha value is -3.69. The Balaban J connectivity index is 1.57. The summed E-state index contributed by atoms with van der Waals surface area (Å²) >= 11 is 6.21. The third-order valence-corrected chi connectivity index (χ3v) is 8.68. The van der Waals surface area contributed by atoms with E-state index in [1.54, 1.807) is 30.3 Å². The fraction of sp³-hybridized carbons (Fsp3) is 0.300. The Labute approximate surface area is 240 Å². The topological polar surface area (TPSA) is 104 Å². The molecule has 8 nitrogen and oxygen atoms in total. The van der Waals surface area contributed by atoms with E-state index in [1.807, 2.05) is 50.2 Å². The second kappa shape index (κ2) is 12.7. The van der Waals surface area contributed by atoms with Gasteiger partial charge in [-0.05, 0) is 55.7 Å². The van der Waals surface area contributed by atoms with E-state index >= 15 is 0 Å². The van der Waals surface area contributed by atoms with E-state index in [0.717, 1.165) is 15.4 Å². The first-order valence-electron chi connectivity index (χ1n) is 13.1. The minimum atomic E-state index is -3.97. The van der Waals surface area contributed by atoms with Gasteiger partial charge < -0.3 is 10.2 Å². The van der Waals surface area contributed by atoms with Gasteiger partial charge >= 0.3 is 0 Å². The molecule has 40 heavy (non-hydrogen) atoms. The lowest BCUT2D eigenvalue weighted by molar-refractivity contribution is -0.141. The number of hydrogen-bond donors (Lipinski definition) is 1. The molecule has 0 spiro atoms. The van der Waals surface area contributed by atoms with Crippen LogP contribution in [0.2, 0.25) is 5.02 Å². The first-order chi connectivity index (χ1) is 19.1. The molecule has 4 rings (SSSR count). The maximum Gasteiger partial charge on any atom is 0.269 e. The molecule has 0 aromatic heterocycles. The van der Waals surface area contributed by atoms with Gasteiger partial charge in [0.15, 0.2) is 0 Å².